The van der Waals surface area contributed by atoms with Crippen LogP contribution in [0.5, 0.6) is 0 Å². The lowest BCUT2D eigenvalue weighted by Gasteiger charge is -2.21. The number of hydrogen-bond donors (Lipinski definition) is 0. The van der Waals surface area contributed by atoms with E-state index < -0.39 is 0 Å². The van der Waals surface area contributed by atoms with Gasteiger partial charge in [-0.3, -0.25) is 4.57 Å². The van der Waals surface area contributed by atoms with Gasteiger partial charge in [-0.05, 0) is 56.1 Å². The van der Waals surface area contributed by atoms with Crippen molar-refractivity contribution in [2.24, 2.45) is 0 Å². The van der Waals surface area contributed by atoms with Gasteiger partial charge in [0.05, 0.1) is 22.2 Å². The van der Waals surface area contributed by atoms with E-state index in [1.165, 1.54) is 60.1 Å². The molecule has 0 saturated heterocycles. The molecule has 0 spiro atoms. The molecule has 52 heavy (non-hydrogen) atoms. The Labute approximate surface area is 301 Å². The molecular weight excluding hydrogens is 631 g/mol. The molecule has 1 aliphatic rings. The van der Waals surface area contributed by atoms with Crippen LogP contribution in [0.4, 0.5) is 0 Å². The average Bonchev–Trinajstić information content (AvgIpc) is 3.67. The van der Waals surface area contributed by atoms with E-state index in [0.29, 0.717) is 5.95 Å². The van der Waals surface area contributed by atoms with Crippen molar-refractivity contribution in [3.05, 3.63) is 175 Å². The largest absolute Gasteiger partial charge is 0.277 e. The summed E-state index contributed by atoms with van der Waals surface area (Å²) in [5.74, 6) is 0.665. The van der Waals surface area contributed by atoms with Gasteiger partial charge in [0.2, 0.25) is 5.95 Å². The Kier molecular flexibility index (Phi) is 6.01. The minimum Gasteiger partial charge on any atom is -0.277 e. The summed E-state index contributed by atoms with van der Waals surface area (Å²) in [6, 6.07) is 59.2. The quantitative estimate of drug-likeness (QED) is 0.176. The Balaban J connectivity index is 1.32. The van der Waals surface area contributed by atoms with Crippen molar-refractivity contribution >= 4 is 54.3 Å². The van der Waals surface area contributed by atoms with Crippen LogP contribution in [0.1, 0.15) is 25.0 Å². The molecule has 0 bridgehead atoms. The summed E-state index contributed by atoms with van der Waals surface area (Å²) in [6.45, 7) is 4.68. The van der Waals surface area contributed by atoms with Gasteiger partial charge in [-0.15, -0.1) is 0 Å². The van der Waals surface area contributed by atoms with Gasteiger partial charge in [-0.1, -0.05) is 166 Å². The molecule has 8 aromatic carbocycles. The summed E-state index contributed by atoms with van der Waals surface area (Å²) >= 11 is 0. The maximum absolute atomic E-state index is 5.49. The van der Waals surface area contributed by atoms with Crippen molar-refractivity contribution in [1.82, 2.24) is 14.5 Å². The monoisotopic (exact) mass is 663 g/mol. The molecule has 244 valence electrons. The van der Waals surface area contributed by atoms with Crippen molar-refractivity contribution in [3.63, 3.8) is 0 Å². The second-order valence-electron chi connectivity index (χ2n) is 14.5. The van der Waals surface area contributed by atoms with Crippen molar-refractivity contribution in [2.75, 3.05) is 0 Å². The van der Waals surface area contributed by atoms with Crippen LogP contribution in [-0.2, 0) is 5.41 Å². The van der Waals surface area contributed by atoms with Gasteiger partial charge < -0.3 is 0 Å². The molecule has 0 unspecified atom stereocenters. The molecule has 0 fully saturated rings. The molecule has 2 aromatic heterocycles. The zero-order valence-electron chi connectivity index (χ0n) is 28.9. The van der Waals surface area contributed by atoms with Crippen molar-refractivity contribution in [2.45, 2.75) is 19.3 Å². The Bertz CT molecular complexity index is 3100. The standard InChI is InChI=1S/C49H33N3/c1-49(2)41-25-12-10-19-35(41)40-29-31(27-28-42(40)49)32-23-14-24-39-44-36-20-8-6-17-33(36)34-18-7-9-21-37(34)47(44)52(46(32)39)48-50-43-26-13-11-22-38(43)45(51-48)30-15-4-3-5-16-30/h3-29H,1-2H3. The number of nitrogens with zero attached hydrogens (tertiary/aromatic N) is 3. The first-order valence-electron chi connectivity index (χ1n) is 18.0. The van der Waals surface area contributed by atoms with Crippen molar-refractivity contribution in [1.29, 1.82) is 0 Å². The second-order valence-corrected chi connectivity index (χ2v) is 14.5. The van der Waals surface area contributed by atoms with Gasteiger partial charge in [-0.2, -0.15) is 0 Å². The van der Waals surface area contributed by atoms with Gasteiger partial charge in [0, 0.05) is 38.1 Å². The maximum atomic E-state index is 5.49. The van der Waals surface area contributed by atoms with Gasteiger partial charge >= 0.3 is 0 Å². The molecule has 0 saturated carbocycles. The number of hydrogen-bond acceptors (Lipinski definition) is 2. The molecule has 0 amide bonds. The van der Waals surface area contributed by atoms with E-state index in [4.69, 9.17) is 9.97 Å². The summed E-state index contributed by atoms with van der Waals surface area (Å²) in [7, 11) is 0. The highest BCUT2D eigenvalue weighted by atomic mass is 15.2. The minimum absolute atomic E-state index is 0.0596. The van der Waals surface area contributed by atoms with Crippen LogP contribution in [0.3, 0.4) is 0 Å². The third kappa shape index (κ3) is 3.96. The molecule has 11 rings (SSSR count). The summed E-state index contributed by atoms with van der Waals surface area (Å²) in [5, 5.41) is 8.32. The predicted octanol–water partition coefficient (Wildman–Crippen LogP) is 12.7. The Morgan fingerprint density at radius 2 is 1.04 bits per heavy atom. The number of aromatic nitrogens is 3. The number of rotatable bonds is 3. The first-order valence-corrected chi connectivity index (χ1v) is 18.0. The highest BCUT2D eigenvalue weighted by Crippen LogP contribution is 2.51. The van der Waals surface area contributed by atoms with Crippen LogP contribution < -0.4 is 0 Å². The van der Waals surface area contributed by atoms with Crippen LogP contribution in [0, 0.1) is 0 Å². The highest BCUT2D eigenvalue weighted by molar-refractivity contribution is 6.33. The van der Waals surface area contributed by atoms with Gasteiger partial charge in [-0.25, -0.2) is 9.97 Å². The Morgan fingerprint density at radius 3 is 1.87 bits per heavy atom. The van der Waals surface area contributed by atoms with Gasteiger partial charge in [0.1, 0.15) is 0 Å². The summed E-state index contributed by atoms with van der Waals surface area (Å²) in [6.07, 6.45) is 0. The van der Waals surface area contributed by atoms with E-state index in [1.54, 1.807) is 0 Å². The van der Waals surface area contributed by atoms with Crippen LogP contribution >= 0.6 is 0 Å². The normalized spacial score (nSPS) is 13.3. The highest BCUT2D eigenvalue weighted by Gasteiger charge is 2.35. The lowest BCUT2D eigenvalue weighted by atomic mass is 9.82. The van der Waals surface area contributed by atoms with E-state index in [-0.39, 0.29) is 5.41 Å². The summed E-state index contributed by atoms with van der Waals surface area (Å²) in [5.41, 5.74) is 12.8. The predicted molar refractivity (Wildman–Crippen MR) is 217 cm³/mol. The third-order valence-electron chi connectivity index (χ3n) is 11.4. The molecule has 3 heteroatoms. The molecule has 3 nitrogen and oxygen atoms in total. The van der Waals surface area contributed by atoms with Crippen LogP contribution in [0.15, 0.2) is 164 Å². The molecule has 1 aliphatic carbocycles. The van der Waals surface area contributed by atoms with Crippen molar-refractivity contribution in [3.8, 4) is 39.5 Å². The van der Waals surface area contributed by atoms with E-state index in [9.17, 15) is 0 Å². The molecule has 0 N–H and O–H groups in total. The lowest BCUT2D eigenvalue weighted by molar-refractivity contribution is 0.660. The fourth-order valence-corrected chi connectivity index (χ4v) is 9.03. The average molecular weight is 664 g/mol. The number of para-hydroxylation sites is 2. The zero-order chi connectivity index (χ0) is 34.6. The topological polar surface area (TPSA) is 30.7 Å². The van der Waals surface area contributed by atoms with E-state index >= 15 is 0 Å². The maximum Gasteiger partial charge on any atom is 0.235 e. The van der Waals surface area contributed by atoms with Gasteiger partial charge in [0.15, 0.2) is 0 Å². The molecule has 0 radical (unpaired) electrons. The fourth-order valence-electron chi connectivity index (χ4n) is 9.03. The lowest BCUT2D eigenvalue weighted by Crippen LogP contribution is -2.14. The third-order valence-corrected chi connectivity index (χ3v) is 11.4. The summed E-state index contributed by atoms with van der Waals surface area (Å²) in [4.78, 5) is 10.9. The number of benzene rings is 8. The molecule has 0 atom stereocenters. The smallest absolute Gasteiger partial charge is 0.235 e. The van der Waals surface area contributed by atoms with Crippen LogP contribution in [0.25, 0.3) is 93.7 Å². The minimum atomic E-state index is -0.0596. The Morgan fingerprint density at radius 1 is 0.423 bits per heavy atom. The van der Waals surface area contributed by atoms with E-state index in [1.807, 2.05) is 0 Å². The van der Waals surface area contributed by atoms with E-state index in [0.717, 1.165) is 38.8 Å². The molecule has 2 heterocycles. The zero-order valence-corrected chi connectivity index (χ0v) is 28.9. The van der Waals surface area contributed by atoms with Crippen molar-refractivity contribution < 1.29 is 0 Å². The number of fused-ring (bicyclic) bond motifs is 12. The van der Waals surface area contributed by atoms with Crippen LogP contribution in [0.2, 0.25) is 0 Å². The fraction of sp³-hybridized carbons (Fsp3) is 0.0612. The molecule has 10 aromatic rings. The molecular formula is C49H33N3. The first kappa shape index (κ1) is 29.2. The first-order chi connectivity index (χ1) is 25.6. The van der Waals surface area contributed by atoms with Gasteiger partial charge in [0.25, 0.3) is 0 Å². The van der Waals surface area contributed by atoms with Crippen LogP contribution in [-0.4, -0.2) is 14.5 Å². The second kappa shape index (κ2) is 10.7. The SMILES string of the molecule is CC1(C)c2ccccc2-c2cc(-c3cccc4c5c6ccccc6c6ccccc6c5n(-c5nc(-c6ccccc6)c6ccccc6n5)c34)ccc21. The molecule has 0 aliphatic heterocycles. The Hall–Kier alpha value is -6.58. The van der Waals surface area contributed by atoms with E-state index in [2.05, 4.69) is 182 Å². The summed E-state index contributed by atoms with van der Waals surface area (Å²) < 4.78 is 2.36.